The van der Waals surface area contributed by atoms with E-state index in [0.29, 0.717) is 36.0 Å². The Morgan fingerprint density at radius 2 is 1.96 bits per heavy atom. The van der Waals surface area contributed by atoms with Crippen molar-refractivity contribution in [3.8, 4) is 5.75 Å². The number of carbonyl (C=O) groups excluding carboxylic acids is 1. The molecule has 2 aromatic carbocycles. The molecule has 1 heterocycles. The third-order valence-electron chi connectivity index (χ3n) is 4.14. The number of rotatable bonds is 4. The van der Waals surface area contributed by atoms with Gasteiger partial charge in [0.25, 0.3) is 5.91 Å². The number of benzene rings is 2. The van der Waals surface area contributed by atoms with Crippen molar-refractivity contribution in [3.63, 3.8) is 0 Å². The predicted octanol–water partition coefficient (Wildman–Crippen LogP) is 3.52. The van der Waals surface area contributed by atoms with Crippen molar-refractivity contribution in [2.75, 3.05) is 13.1 Å². The molecule has 1 amide bonds. The molecule has 1 aliphatic rings. The first kappa shape index (κ1) is 16.8. The molecular formula is C19H20ClNO3. The fourth-order valence-corrected chi connectivity index (χ4v) is 3.04. The highest BCUT2D eigenvalue weighted by Crippen LogP contribution is 2.24. The molecular weight excluding hydrogens is 326 g/mol. The number of hydrogen-bond acceptors (Lipinski definition) is 3. The van der Waals surface area contributed by atoms with Gasteiger partial charge in [-0.2, -0.15) is 0 Å². The molecule has 1 unspecified atom stereocenters. The molecule has 24 heavy (non-hydrogen) atoms. The third kappa shape index (κ3) is 3.89. The quantitative estimate of drug-likeness (QED) is 0.922. The Bertz CT molecular complexity index is 719. The van der Waals surface area contributed by atoms with E-state index in [1.54, 1.807) is 17.0 Å². The van der Waals surface area contributed by atoms with Crippen LogP contribution >= 0.6 is 11.6 Å². The standard InChI is InChI=1S/C19H20ClNO3/c20-17-9-3-1-6-14(17)13-24-18-10-4-2-8-16(18)19(23)21-11-5-7-15(22)12-21/h1-4,6,8-10,15,22H,5,7,11-13H2. The fourth-order valence-electron chi connectivity index (χ4n) is 2.85. The second-order valence-corrected chi connectivity index (χ2v) is 6.33. The van der Waals surface area contributed by atoms with E-state index < -0.39 is 6.10 Å². The molecule has 1 N–H and O–H groups in total. The molecule has 0 aliphatic carbocycles. The highest BCUT2D eigenvalue weighted by Gasteiger charge is 2.25. The maximum Gasteiger partial charge on any atom is 0.257 e. The van der Waals surface area contributed by atoms with E-state index in [1.807, 2.05) is 36.4 Å². The molecule has 0 aromatic heterocycles. The van der Waals surface area contributed by atoms with E-state index in [2.05, 4.69) is 0 Å². The molecule has 1 fully saturated rings. The lowest BCUT2D eigenvalue weighted by Gasteiger charge is -2.30. The van der Waals surface area contributed by atoms with Crippen LogP contribution in [0, 0.1) is 0 Å². The van der Waals surface area contributed by atoms with Crippen LogP contribution in [0.5, 0.6) is 5.75 Å². The number of carbonyl (C=O) groups is 1. The summed E-state index contributed by atoms with van der Waals surface area (Å²) in [6.45, 7) is 1.33. The van der Waals surface area contributed by atoms with E-state index >= 15 is 0 Å². The number of hydrogen-bond donors (Lipinski definition) is 1. The minimum absolute atomic E-state index is 0.108. The van der Waals surface area contributed by atoms with Gasteiger partial charge in [0, 0.05) is 23.7 Å². The molecule has 1 saturated heterocycles. The lowest BCUT2D eigenvalue weighted by atomic mass is 10.1. The third-order valence-corrected chi connectivity index (χ3v) is 4.51. The zero-order chi connectivity index (χ0) is 16.9. The zero-order valence-corrected chi connectivity index (χ0v) is 14.1. The van der Waals surface area contributed by atoms with Crippen LogP contribution in [-0.2, 0) is 6.61 Å². The molecule has 1 aliphatic heterocycles. The molecule has 0 saturated carbocycles. The number of likely N-dealkylation sites (tertiary alicyclic amines) is 1. The minimum Gasteiger partial charge on any atom is -0.488 e. The van der Waals surface area contributed by atoms with Crippen LogP contribution in [0.3, 0.4) is 0 Å². The topological polar surface area (TPSA) is 49.8 Å². The molecule has 126 valence electrons. The number of aliphatic hydroxyl groups excluding tert-OH is 1. The molecule has 0 bridgehead atoms. The van der Waals surface area contributed by atoms with Gasteiger partial charge in [-0.1, -0.05) is 41.9 Å². The number of β-amino-alcohol motifs (C(OH)–C–C–N with tert-alkyl or cyclic N) is 1. The number of amides is 1. The lowest BCUT2D eigenvalue weighted by Crippen LogP contribution is -2.42. The van der Waals surface area contributed by atoms with Crippen LogP contribution < -0.4 is 4.74 Å². The van der Waals surface area contributed by atoms with Crippen molar-refractivity contribution >= 4 is 17.5 Å². The first-order chi connectivity index (χ1) is 11.6. The van der Waals surface area contributed by atoms with Crippen LogP contribution in [0.15, 0.2) is 48.5 Å². The van der Waals surface area contributed by atoms with Crippen molar-refractivity contribution < 1.29 is 14.6 Å². The van der Waals surface area contributed by atoms with E-state index in [1.165, 1.54) is 0 Å². The summed E-state index contributed by atoms with van der Waals surface area (Å²) in [5.41, 5.74) is 1.38. The van der Waals surface area contributed by atoms with Crippen LogP contribution in [0.4, 0.5) is 0 Å². The summed E-state index contributed by atoms with van der Waals surface area (Å²) in [5, 5.41) is 10.4. The smallest absolute Gasteiger partial charge is 0.257 e. The average Bonchev–Trinajstić information content (AvgIpc) is 2.61. The van der Waals surface area contributed by atoms with Crippen molar-refractivity contribution in [3.05, 3.63) is 64.7 Å². The van der Waals surface area contributed by atoms with Gasteiger partial charge in [-0.3, -0.25) is 4.79 Å². The zero-order valence-electron chi connectivity index (χ0n) is 13.3. The SMILES string of the molecule is O=C(c1ccccc1OCc1ccccc1Cl)N1CCCC(O)C1. The summed E-state index contributed by atoms with van der Waals surface area (Å²) in [6, 6.07) is 14.7. The Morgan fingerprint density at radius 3 is 2.75 bits per heavy atom. The second kappa shape index (κ2) is 7.69. The van der Waals surface area contributed by atoms with Crippen molar-refractivity contribution in [1.29, 1.82) is 0 Å². The Hall–Kier alpha value is -2.04. The first-order valence-electron chi connectivity index (χ1n) is 8.07. The van der Waals surface area contributed by atoms with Gasteiger partial charge in [-0.25, -0.2) is 0 Å². The Labute approximate surface area is 146 Å². The molecule has 5 heteroatoms. The number of ether oxygens (including phenoxy) is 1. The normalized spacial score (nSPS) is 17.6. The summed E-state index contributed by atoms with van der Waals surface area (Å²) < 4.78 is 5.85. The van der Waals surface area contributed by atoms with E-state index in [4.69, 9.17) is 16.3 Å². The number of para-hydroxylation sites is 1. The highest BCUT2D eigenvalue weighted by atomic mass is 35.5. The van der Waals surface area contributed by atoms with E-state index in [9.17, 15) is 9.90 Å². The Balaban J connectivity index is 1.75. The van der Waals surface area contributed by atoms with Crippen LogP contribution in [0.25, 0.3) is 0 Å². The van der Waals surface area contributed by atoms with Gasteiger partial charge < -0.3 is 14.7 Å². The van der Waals surface area contributed by atoms with Crippen LogP contribution in [0.2, 0.25) is 5.02 Å². The van der Waals surface area contributed by atoms with Gasteiger partial charge in [-0.15, -0.1) is 0 Å². The fraction of sp³-hybridized carbons (Fsp3) is 0.316. The van der Waals surface area contributed by atoms with Crippen LogP contribution in [0.1, 0.15) is 28.8 Å². The second-order valence-electron chi connectivity index (χ2n) is 5.92. The van der Waals surface area contributed by atoms with Gasteiger partial charge in [0.05, 0.1) is 11.7 Å². The number of aliphatic hydroxyl groups is 1. The minimum atomic E-state index is -0.445. The molecule has 0 radical (unpaired) electrons. The van der Waals surface area contributed by atoms with Crippen molar-refractivity contribution in [2.45, 2.75) is 25.6 Å². The monoisotopic (exact) mass is 345 g/mol. The molecule has 1 atom stereocenters. The summed E-state index contributed by atoms with van der Waals surface area (Å²) in [4.78, 5) is 14.4. The highest BCUT2D eigenvalue weighted by molar-refractivity contribution is 6.31. The summed E-state index contributed by atoms with van der Waals surface area (Å²) in [5.74, 6) is 0.422. The largest absolute Gasteiger partial charge is 0.488 e. The van der Waals surface area contributed by atoms with Gasteiger partial charge in [-0.05, 0) is 31.0 Å². The Kier molecular flexibility index (Phi) is 5.38. The predicted molar refractivity (Wildman–Crippen MR) is 93.4 cm³/mol. The molecule has 0 spiro atoms. The molecule has 3 rings (SSSR count). The average molecular weight is 346 g/mol. The van der Waals surface area contributed by atoms with E-state index in [0.717, 1.165) is 18.4 Å². The molecule has 2 aromatic rings. The lowest BCUT2D eigenvalue weighted by molar-refractivity contribution is 0.0470. The Morgan fingerprint density at radius 1 is 1.21 bits per heavy atom. The summed E-state index contributed by atoms with van der Waals surface area (Å²) in [6.07, 6.45) is 1.11. The van der Waals surface area contributed by atoms with Gasteiger partial charge in [0.15, 0.2) is 0 Å². The van der Waals surface area contributed by atoms with Gasteiger partial charge in [0.2, 0.25) is 0 Å². The van der Waals surface area contributed by atoms with Crippen molar-refractivity contribution in [1.82, 2.24) is 4.90 Å². The van der Waals surface area contributed by atoms with Gasteiger partial charge in [0.1, 0.15) is 12.4 Å². The first-order valence-corrected chi connectivity index (χ1v) is 8.45. The van der Waals surface area contributed by atoms with Gasteiger partial charge >= 0.3 is 0 Å². The van der Waals surface area contributed by atoms with Crippen LogP contribution in [-0.4, -0.2) is 35.1 Å². The van der Waals surface area contributed by atoms with Crippen molar-refractivity contribution in [2.24, 2.45) is 0 Å². The number of nitrogens with zero attached hydrogens (tertiary/aromatic N) is 1. The summed E-state index contributed by atoms with van der Waals surface area (Å²) in [7, 11) is 0. The van der Waals surface area contributed by atoms with E-state index in [-0.39, 0.29) is 5.91 Å². The molecule has 4 nitrogen and oxygen atoms in total. The maximum atomic E-state index is 12.8. The summed E-state index contributed by atoms with van der Waals surface area (Å²) >= 11 is 6.15. The maximum absolute atomic E-state index is 12.8. The number of piperidine rings is 1. The number of halogens is 1.